The van der Waals surface area contributed by atoms with Crippen molar-refractivity contribution >= 4 is 23.2 Å². The molecule has 0 fully saturated rings. The average molecular weight is 285 g/mol. The minimum Gasteiger partial charge on any atom is -0.496 e. The molecule has 1 aromatic rings. The summed E-state index contributed by atoms with van der Waals surface area (Å²) in [4.78, 5) is 21.9. The Morgan fingerprint density at radius 3 is 2.84 bits per heavy atom. The van der Waals surface area contributed by atoms with E-state index in [-0.39, 0.29) is 22.9 Å². The lowest BCUT2D eigenvalue weighted by molar-refractivity contribution is -0.384. The van der Waals surface area contributed by atoms with E-state index < -0.39 is 4.92 Å². The Labute approximate surface area is 115 Å². The maximum atomic E-state index is 11.8. The van der Waals surface area contributed by atoms with Gasteiger partial charge < -0.3 is 10.1 Å². The van der Waals surface area contributed by atoms with Gasteiger partial charge in [-0.15, -0.1) is 11.6 Å². The molecule has 0 unspecified atom stereocenters. The number of alkyl halides is 1. The van der Waals surface area contributed by atoms with Crippen molar-refractivity contribution in [3.8, 4) is 5.75 Å². The average Bonchev–Trinajstić information content (AvgIpc) is 2.42. The molecule has 0 atom stereocenters. The van der Waals surface area contributed by atoms with Crippen LogP contribution in [0.5, 0.6) is 5.75 Å². The zero-order chi connectivity index (χ0) is 14.3. The van der Waals surface area contributed by atoms with Gasteiger partial charge in [0.05, 0.1) is 23.7 Å². The van der Waals surface area contributed by atoms with Gasteiger partial charge in [-0.1, -0.05) is 12.2 Å². The number of nitrogens with zero attached hydrogens (tertiary/aromatic N) is 1. The molecule has 0 saturated carbocycles. The molecular formula is C12H13ClN2O4. The van der Waals surface area contributed by atoms with E-state index in [0.717, 1.165) is 0 Å². The molecule has 0 aliphatic carbocycles. The van der Waals surface area contributed by atoms with Crippen LogP contribution in [0.1, 0.15) is 10.4 Å². The van der Waals surface area contributed by atoms with E-state index >= 15 is 0 Å². The standard InChI is InChI=1S/C12H13ClN2O4/c1-19-11-8-9(15(17)18)4-5-10(11)12(16)14-7-3-2-6-13/h2-5,8H,6-7H2,1H3,(H,14,16)/b3-2+. The van der Waals surface area contributed by atoms with Gasteiger partial charge in [-0.3, -0.25) is 14.9 Å². The highest BCUT2D eigenvalue weighted by atomic mass is 35.5. The van der Waals surface area contributed by atoms with E-state index in [4.69, 9.17) is 16.3 Å². The molecule has 1 aromatic carbocycles. The van der Waals surface area contributed by atoms with Crippen LogP contribution in [0.3, 0.4) is 0 Å². The second-order valence-corrected chi connectivity index (χ2v) is 3.79. The van der Waals surface area contributed by atoms with Crippen molar-refractivity contribution in [3.63, 3.8) is 0 Å². The summed E-state index contributed by atoms with van der Waals surface area (Å²) in [5.74, 6) is 0.162. The van der Waals surface area contributed by atoms with Crippen molar-refractivity contribution in [3.05, 3.63) is 46.0 Å². The minimum atomic E-state index is -0.548. The largest absolute Gasteiger partial charge is 0.496 e. The summed E-state index contributed by atoms with van der Waals surface area (Å²) in [6.07, 6.45) is 3.41. The molecule has 0 aliphatic heterocycles. The van der Waals surface area contributed by atoms with Crippen LogP contribution in [0, 0.1) is 10.1 Å². The molecule has 1 amide bonds. The van der Waals surface area contributed by atoms with E-state index in [1.54, 1.807) is 12.2 Å². The molecule has 0 heterocycles. The van der Waals surface area contributed by atoms with Crippen molar-refractivity contribution in [2.75, 3.05) is 19.5 Å². The number of amides is 1. The van der Waals surface area contributed by atoms with Crippen LogP contribution in [0.25, 0.3) is 0 Å². The summed E-state index contributed by atoms with van der Waals surface area (Å²) >= 11 is 5.45. The Kier molecular flexibility index (Phi) is 5.81. The Balaban J connectivity index is 2.84. The zero-order valence-corrected chi connectivity index (χ0v) is 11.0. The predicted molar refractivity (Wildman–Crippen MR) is 71.8 cm³/mol. The summed E-state index contributed by atoms with van der Waals surface area (Å²) in [6, 6.07) is 3.83. The first kappa shape index (κ1) is 15.0. The van der Waals surface area contributed by atoms with E-state index in [0.29, 0.717) is 12.4 Å². The number of carbonyl (C=O) groups excluding carboxylic acids is 1. The fourth-order valence-electron chi connectivity index (χ4n) is 1.37. The molecule has 0 aliphatic rings. The lowest BCUT2D eigenvalue weighted by atomic mass is 10.1. The van der Waals surface area contributed by atoms with Gasteiger partial charge in [0, 0.05) is 18.5 Å². The normalized spacial score (nSPS) is 10.4. The Bertz CT molecular complexity index is 503. The number of benzene rings is 1. The number of methoxy groups -OCH3 is 1. The van der Waals surface area contributed by atoms with Crippen molar-refractivity contribution < 1.29 is 14.5 Å². The minimum absolute atomic E-state index is 0.129. The van der Waals surface area contributed by atoms with Crippen LogP contribution in [-0.2, 0) is 0 Å². The quantitative estimate of drug-likeness (QED) is 0.375. The number of allylic oxidation sites excluding steroid dienone is 1. The fraction of sp³-hybridized carbons (Fsp3) is 0.250. The number of nitro groups is 1. The molecule has 102 valence electrons. The molecule has 1 rings (SSSR count). The molecule has 0 saturated heterocycles. The number of halogens is 1. The highest BCUT2D eigenvalue weighted by Crippen LogP contribution is 2.24. The summed E-state index contributed by atoms with van der Waals surface area (Å²) < 4.78 is 4.98. The molecule has 0 spiro atoms. The number of hydrogen-bond donors (Lipinski definition) is 1. The van der Waals surface area contributed by atoms with Crippen LogP contribution in [0.15, 0.2) is 30.4 Å². The van der Waals surface area contributed by atoms with E-state index in [1.165, 1.54) is 25.3 Å². The van der Waals surface area contributed by atoms with Crippen LogP contribution < -0.4 is 10.1 Å². The van der Waals surface area contributed by atoms with Crippen LogP contribution >= 0.6 is 11.6 Å². The lowest BCUT2D eigenvalue weighted by Gasteiger charge is -2.07. The first-order valence-electron chi connectivity index (χ1n) is 5.41. The van der Waals surface area contributed by atoms with E-state index in [9.17, 15) is 14.9 Å². The van der Waals surface area contributed by atoms with E-state index in [2.05, 4.69) is 5.32 Å². The molecule has 0 aromatic heterocycles. The predicted octanol–water partition coefficient (Wildman–Crippen LogP) is 2.13. The summed E-state index contributed by atoms with van der Waals surface area (Å²) in [5, 5.41) is 13.2. The SMILES string of the molecule is COc1cc([N+](=O)[O-])ccc1C(=O)NC/C=C/CCl. The van der Waals surface area contributed by atoms with E-state index in [1.807, 2.05) is 0 Å². The number of hydrogen-bond acceptors (Lipinski definition) is 4. The van der Waals surface area contributed by atoms with Crippen LogP contribution in [0.2, 0.25) is 0 Å². The monoisotopic (exact) mass is 284 g/mol. The highest BCUT2D eigenvalue weighted by molar-refractivity contribution is 6.18. The van der Waals surface area contributed by atoms with Gasteiger partial charge in [-0.25, -0.2) is 0 Å². The summed E-state index contributed by atoms with van der Waals surface area (Å²) in [6.45, 7) is 0.325. The number of ether oxygens (including phenoxy) is 1. The van der Waals surface area contributed by atoms with Crippen molar-refractivity contribution in [2.45, 2.75) is 0 Å². The van der Waals surface area contributed by atoms with Gasteiger partial charge in [-0.05, 0) is 6.07 Å². The lowest BCUT2D eigenvalue weighted by Crippen LogP contribution is -2.23. The number of nitrogens with one attached hydrogen (secondary N) is 1. The topological polar surface area (TPSA) is 81.5 Å². The molecule has 0 bridgehead atoms. The van der Waals surface area contributed by atoms with Crippen molar-refractivity contribution in [1.82, 2.24) is 5.32 Å². The third-order valence-corrected chi connectivity index (χ3v) is 2.45. The zero-order valence-electron chi connectivity index (χ0n) is 10.3. The van der Waals surface area contributed by atoms with Gasteiger partial charge in [0.1, 0.15) is 5.75 Å². The van der Waals surface area contributed by atoms with Crippen LogP contribution in [-0.4, -0.2) is 30.4 Å². The Morgan fingerprint density at radius 2 is 2.26 bits per heavy atom. The number of carbonyl (C=O) groups is 1. The summed E-state index contributed by atoms with van der Waals surface area (Å²) in [7, 11) is 1.35. The van der Waals surface area contributed by atoms with Gasteiger partial charge in [0.15, 0.2) is 0 Å². The Morgan fingerprint density at radius 1 is 1.53 bits per heavy atom. The summed E-state index contributed by atoms with van der Waals surface area (Å²) in [5.41, 5.74) is 0.114. The fourth-order valence-corrected chi connectivity index (χ4v) is 1.50. The second-order valence-electron chi connectivity index (χ2n) is 3.48. The number of rotatable bonds is 6. The first-order valence-corrected chi connectivity index (χ1v) is 5.95. The van der Waals surface area contributed by atoms with Gasteiger partial charge in [0.25, 0.3) is 11.6 Å². The Hall–Kier alpha value is -2.08. The molecule has 0 radical (unpaired) electrons. The van der Waals surface area contributed by atoms with Gasteiger partial charge in [-0.2, -0.15) is 0 Å². The molecule has 7 heteroatoms. The third-order valence-electron chi connectivity index (χ3n) is 2.28. The first-order chi connectivity index (χ1) is 9.10. The van der Waals surface area contributed by atoms with Gasteiger partial charge in [0.2, 0.25) is 0 Å². The third kappa shape index (κ3) is 4.26. The smallest absolute Gasteiger partial charge is 0.273 e. The van der Waals surface area contributed by atoms with Crippen molar-refractivity contribution in [2.24, 2.45) is 0 Å². The second kappa shape index (κ2) is 7.38. The highest BCUT2D eigenvalue weighted by Gasteiger charge is 2.16. The number of non-ortho nitro benzene ring substituents is 1. The molecule has 19 heavy (non-hydrogen) atoms. The maximum Gasteiger partial charge on any atom is 0.273 e. The van der Waals surface area contributed by atoms with Crippen molar-refractivity contribution in [1.29, 1.82) is 0 Å². The molecular weight excluding hydrogens is 272 g/mol. The maximum absolute atomic E-state index is 11.8. The van der Waals surface area contributed by atoms with Crippen LogP contribution in [0.4, 0.5) is 5.69 Å². The molecule has 6 nitrogen and oxygen atoms in total. The molecule has 1 N–H and O–H groups in total. The van der Waals surface area contributed by atoms with Gasteiger partial charge >= 0.3 is 0 Å². The number of nitro benzene ring substituents is 1.